The number of carboxylic acids is 1. The zero-order valence-corrected chi connectivity index (χ0v) is 13.3. The van der Waals surface area contributed by atoms with E-state index in [9.17, 15) is 14.7 Å². The predicted octanol–water partition coefficient (Wildman–Crippen LogP) is 1.31. The summed E-state index contributed by atoms with van der Waals surface area (Å²) in [4.78, 5) is 30.1. The average molecular weight is 328 g/mol. The van der Waals surface area contributed by atoms with E-state index in [1.165, 1.54) is 4.68 Å². The molecular formula is C17H20N4O3. The van der Waals surface area contributed by atoms with Crippen LogP contribution in [0.15, 0.2) is 42.9 Å². The highest BCUT2D eigenvalue weighted by atomic mass is 16.4. The van der Waals surface area contributed by atoms with E-state index in [1.807, 2.05) is 18.2 Å². The number of piperidine rings is 1. The molecule has 2 aromatic heterocycles. The number of hydrogen-bond donors (Lipinski definition) is 1. The fraction of sp³-hybridized carbons (Fsp3) is 0.412. The monoisotopic (exact) mass is 328 g/mol. The Bertz CT molecular complexity index is 692. The number of aromatic nitrogens is 3. The number of nitrogens with zero attached hydrogens (tertiary/aromatic N) is 4. The highest BCUT2D eigenvalue weighted by Gasteiger charge is 2.44. The molecule has 0 radical (unpaired) electrons. The van der Waals surface area contributed by atoms with Crippen molar-refractivity contribution in [3.8, 4) is 0 Å². The Morgan fingerprint density at radius 3 is 2.54 bits per heavy atom. The lowest BCUT2D eigenvalue weighted by Gasteiger charge is -2.39. The predicted molar refractivity (Wildman–Crippen MR) is 86.2 cm³/mol. The Hall–Kier alpha value is -2.70. The van der Waals surface area contributed by atoms with E-state index in [4.69, 9.17) is 0 Å². The van der Waals surface area contributed by atoms with Crippen molar-refractivity contribution in [2.45, 2.75) is 31.2 Å². The molecule has 126 valence electrons. The van der Waals surface area contributed by atoms with Gasteiger partial charge >= 0.3 is 5.97 Å². The molecule has 0 bridgehead atoms. The summed E-state index contributed by atoms with van der Waals surface area (Å²) < 4.78 is 1.50. The van der Waals surface area contributed by atoms with Gasteiger partial charge < -0.3 is 10.0 Å². The minimum atomic E-state index is -1.05. The summed E-state index contributed by atoms with van der Waals surface area (Å²) in [5.41, 5.74) is -0.166. The third kappa shape index (κ3) is 3.15. The molecule has 0 aliphatic carbocycles. The average Bonchev–Trinajstić information content (AvgIpc) is 3.15. The van der Waals surface area contributed by atoms with Crippen molar-refractivity contribution in [1.82, 2.24) is 19.7 Å². The minimum absolute atomic E-state index is 0.0418. The van der Waals surface area contributed by atoms with Crippen LogP contribution in [0.1, 0.15) is 25.0 Å². The van der Waals surface area contributed by atoms with Crippen LogP contribution in [0.5, 0.6) is 0 Å². The van der Waals surface area contributed by atoms with E-state index in [2.05, 4.69) is 10.1 Å². The molecule has 0 atom stereocenters. The second kappa shape index (κ2) is 6.82. The lowest BCUT2D eigenvalue weighted by Crippen LogP contribution is -2.52. The van der Waals surface area contributed by atoms with Crippen molar-refractivity contribution in [3.05, 3.63) is 48.5 Å². The maximum Gasteiger partial charge on any atom is 0.331 e. The van der Waals surface area contributed by atoms with Gasteiger partial charge in [-0.05, 0) is 24.6 Å². The number of rotatable bonds is 5. The summed E-state index contributed by atoms with van der Waals surface area (Å²) in [5, 5.41) is 13.8. The number of hydrogen-bond acceptors (Lipinski definition) is 4. The van der Waals surface area contributed by atoms with Crippen molar-refractivity contribution >= 4 is 11.9 Å². The van der Waals surface area contributed by atoms with Crippen molar-refractivity contribution < 1.29 is 14.7 Å². The maximum atomic E-state index is 12.4. The van der Waals surface area contributed by atoms with E-state index in [1.54, 1.807) is 29.6 Å². The van der Waals surface area contributed by atoms with Gasteiger partial charge in [0.05, 0.1) is 0 Å². The zero-order chi connectivity index (χ0) is 17.0. The third-order valence-corrected chi connectivity index (χ3v) is 4.61. The molecule has 0 unspecified atom stereocenters. The Morgan fingerprint density at radius 2 is 1.96 bits per heavy atom. The van der Waals surface area contributed by atoms with Crippen LogP contribution in [-0.4, -0.2) is 49.7 Å². The van der Waals surface area contributed by atoms with Gasteiger partial charge in [-0.2, -0.15) is 5.10 Å². The fourth-order valence-electron chi connectivity index (χ4n) is 3.13. The number of aryl methyl sites for hydroxylation is 1. The first kappa shape index (κ1) is 16.2. The zero-order valence-electron chi connectivity index (χ0n) is 13.3. The standard InChI is InChI=1S/C17H20N4O3/c22-15(6-5-14-4-1-2-9-18-14)20-12-7-17(8-13-20,16(23)24)21-11-3-10-19-21/h1-4,9-11H,5-8,12-13H2,(H,23,24). The smallest absolute Gasteiger partial charge is 0.331 e. The van der Waals surface area contributed by atoms with Gasteiger partial charge in [0.1, 0.15) is 0 Å². The fourth-order valence-corrected chi connectivity index (χ4v) is 3.13. The molecule has 7 heteroatoms. The molecule has 3 rings (SSSR count). The lowest BCUT2D eigenvalue weighted by atomic mass is 9.87. The number of likely N-dealkylation sites (tertiary alicyclic amines) is 1. The normalized spacial score (nSPS) is 16.8. The van der Waals surface area contributed by atoms with Crippen LogP contribution in [-0.2, 0) is 21.5 Å². The van der Waals surface area contributed by atoms with E-state index in [0.717, 1.165) is 5.69 Å². The first-order chi connectivity index (χ1) is 11.6. The quantitative estimate of drug-likeness (QED) is 0.894. The van der Waals surface area contributed by atoms with Gasteiger partial charge in [-0.15, -0.1) is 0 Å². The summed E-state index contributed by atoms with van der Waals surface area (Å²) >= 11 is 0. The molecule has 0 aromatic carbocycles. The number of amides is 1. The molecule has 1 saturated heterocycles. The van der Waals surface area contributed by atoms with Gasteiger partial charge in [0, 0.05) is 56.6 Å². The van der Waals surface area contributed by atoms with Crippen LogP contribution >= 0.6 is 0 Å². The maximum absolute atomic E-state index is 12.4. The molecule has 7 nitrogen and oxygen atoms in total. The van der Waals surface area contributed by atoms with Gasteiger partial charge in [0.25, 0.3) is 0 Å². The number of aliphatic carboxylic acids is 1. The topological polar surface area (TPSA) is 88.3 Å². The SMILES string of the molecule is O=C(CCc1ccccn1)N1CCC(C(=O)O)(n2cccn2)CC1. The van der Waals surface area contributed by atoms with Crippen molar-refractivity contribution in [1.29, 1.82) is 0 Å². The molecule has 1 N–H and O–H groups in total. The molecular weight excluding hydrogens is 308 g/mol. The number of carboxylic acid groups (broad SMARTS) is 1. The Labute approximate surface area is 139 Å². The van der Waals surface area contributed by atoms with E-state index < -0.39 is 11.5 Å². The van der Waals surface area contributed by atoms with Crippen LogP contribution < -0.4 is 0 Å². The molecule has 24 heavy (non-hydrogen) atoms. The van der Waals surface area contributed by atoms with E-state index in [-0.39, 0.29) is 5.91 Å². The Balaban J connectivity index is 1.59. The summed E-state index contributed by atoms with van der Waals surface area (Å²) in [7, 11) is 0. The molecule has 0 saturated carbocycles. The van der Waals surface area contributed by atoms with Crippen LogP contribution in [0.4, 0.5) is 0 Å². The molecule has 1 aliphatic heterocycles. The van der Waals surface area contributed by atoms with Crippen LogP contribution in [0, 0.1) is 0 Å². The van der Waals surface area contributed by atoms with Crippen molar-refractivity contribution in [2.75, 3.05) is 13.1 Å². The summed E-state index contributed by atoms with van der Waals surface area (Å²) in [6.45, 7) is 0.848. The highest BCUT2D eigenvalue weighted by molar-refractivity contribution is 5.79. The summed E-state index contributed by atoms with van der Waals surface area (Å²) in [6, 6.07) is 7.36. The van der Waals surface area contributed by atoms with Crippen molar-refractivity contribution in [2.24, 2.45) is 0 Å². The number of pyridine rings is 1. The Kier molecular flexibility index (Phi) is 4.59. The van der Waals surface area contributed by atoms with Crippen LogP contribution in [0.25, 0.3) is 0 Å². The minimum Gasteiger partial charge on any atom is -0.479 e. The molecule has 1 aliphatic rings. The number of carbonyl (C=O) groups excluding carboxylic acids is 1. The molecule has 1 amide bonds. The summed E-state index contributed by atoms with van der Waals surface area (Å²) in [5.74, 6) is -0.855. The summed E-state index contributed by atoms with van der Waals surface area (Å²) in [6.07, 6.45) is 6.67. The van der Waals surface area contributed by atoms with E-state index in [0.29, 0.717) is 38.8 Å². The van der Waals surface area contributed by atoms with E-state index >= 15 is 0 Å². The third-order valence-electron chi connectivity index (χ3n) is 4.61. The first-order valence-corrected chi connectivity index (χ1v) is 8.03. The van der Waals surface area contributed by atoms with Gasteiger partial charge in [-0.3, -0.25) is 14.5 Å². The van der Waals surface area contributed by atoms with Gasteiger partial charge in [-0.25, -0.2) is 4.79 Å². The molecule has 1 fully saturated rings. The van der Waals surface area contributed by atoms with Gasteiger partial charge in [0.2, 0.25) is 5.91 Å². The largest absolute Gasteiger partial charge is 0.479 e. The van der Waals surface area contributed by atoms with Crippen molar-refractivity contribution in [3.63, 3.8) is 0 Å². The van der Waals surface area contributed by atoms with Crippen LogP contribution in [0.3, 0.4) is 0 Å². The second-order valence-electron chi connectivity index (χ2n) is 5.99. The molecule has 2 aromatic rings. The first-order valence-electron chi connectivity index (χ1n) is 8.03. The molecule has 3 heterocycles. The van der Waals surface area contributed by atoms with Gasteiger partial charge in [-0.1, -0.05) is 6.07 Å². The second-order valence-corrected chi connectivity index (χ2v) is 5.99. The molecule has 0 spiro atoms. The Morgan fingerprint density at radius 1 is 1.17 bits per heavy atom. The highest BCUT2D eigenvalue weighted by Crippen LogP contribution is 2.30. The number of carbonyl (C=O) groups is 2. The lowest BCUT2D eigenvalue weighted by molar-refractivity contribution is -0.153. The van der Waals surface area contributed by atoms with Crippen LogP contribution in [0.2, 0.25) is 0 Å². The van der Waals surface area contributed by atoms with Gasteiger partial charge in [0.15, 0.2) is 5.54 Å².